The number of esters is 2. The van der Waals surface area contributed by atoms with E-state index < -0.39 is 28.0 Å². The minimum atomic E-state index is -3.78. The Balaban J connectivity index is 1.92. The van der Waals surface area contributed by atoms with Crippen molar-refractivity contribution in [2.45, 2.75) is 31.1 Å². The van der Waals surface area contributed by atoms with Gasteiger partial charge in [-0.3, -0.25) is 0 Å². The van der Waals surface area contributed by atoms with Gasteiger partial charge in [-0.1, -0.05) is 0 Å². The molecule has 0 aromatic heterocycles. The quantitative estimate of drug-likeness (QED) is 0.515. The number of piperidine rings is 1. The number of carbonyl (C=O) groups is 3. The lowest BCUT2D eigenvalue weighted by Crippen LogP contribution is -2.45. The maximum atomic E-state index is 13.2. The van der Waals surface area contributed by atoms with Crippen LogP contribution in [0.15, 0.2) is 34.4 Å². The molecule has 2 heterocycles. The molecule has 2 aliphatic heterocycles. The molecule has 1 fully saturated rings. The third-order valence-corrected chi connectivity index (χ3v) is 7.40. The molecule has 0 bridgehead atoms. The average molecular weight is 495 g/mol. The van der Waals surface area contributed by atoms with Crippen LogP contribution in [0.2, 0.25) is 0 Å². The van der Waals surface area contributed by atoms with Crippen molar-refractivity contribution in [3.8, 4) is 0 Å². The molecule has 0 saturated carbocycles. The van der Waals surface area contributed by atoms with Crippen molar-refractivity contribution in [1.29, 1.82) is 0 Å². The van der Waals surface area contributed by atoms with E-state index >= 15 is 0 Å². The number of nitrogens with one attached hydrogen (secondary N) is 2. The lowest BCUT2D eigenvalue weighted by molar-refractivity contribution is -0.138. The number of carbonyl (C=O) groups excluding carboxylic acids is 3. The fourth-order valence-corrected chi connectivity index (χ4v) is 4.67. The Labute approximate surface area is 199 Å². The number of hydrogen-bond donors (Lipinski definition) is 2. The van der Waals surface area contributed by atoms with Crippen molar-refractivity contribution in [2.24, 2.45) is 0 Å². The van der Waals surface area contributed by atoms with Gasteiger partial charge < -0.3 is 25.0 Å². The Morgan fingerprint density at radius 2 is 1.79 bits per heavy atom. The van der Waals surface area contributed by atoms with E-state index in [0.717, 1.165) is 36.7 Å². The highest BCUT2D eigenvalue weighted by molar-refractivity contribution is 7.89. The van der Waals surface area contributed by atoms with Crippen molar-refractivity contribution < 1.29 is 32.3 Å². The van der Waals surface area contributed by atoms with E-state index in [9.17, 15) is 22.8 Å². The highest BCUT2D eigenvalue weighted by Crippen LogP contribution is 2.28. The number of rotatable bonds is 8. The molecule has 3 rings (SSSR count). The second kappa shape index (κ2) is 10.9. The second-order valence-corrected chi connectivity index (χ2v) is 10.2. The topological polar surface area (TPSA) is 134 Å². The summed E-state index contributed by atoms with van der Waals surface area (Å²) in [5.74, 6) is -1.39. The van der Waals surface area contributed by atoms with Crippen LogP contribution in [0, 0.1) is 0 Å². The van der Waals surface area contributed by atoms with Crippen molar-refractivity contribution in [3.05, 3.63) is 35.0 Å². The number of amides is 2. The van der Waals surface area contributed by atoms with Gasteiger partial charge in [-0.2, -0.15) is 0 Å². The molecule has 0 radical (unpaired) electrons. The van der Waals surface area contributed by atoms with Gasteiger partial charge in [0.1, 0.15) is 6.61 Å². The summed E-state index contributed by atoms with van der Waals surface area (Å²) < 4.78 is 36.9. The molecule has 2 amide bonds. The molecule has 0 aliphatic carbocycles. The third kappa shape index (κ3) is 5.68. The summed E-state index contributed by atoms with van der Waals surface area (Å²) in [6.45, 7) is 2.83. The smallest absolute Gasteiger partial charge is 0.340 e. The molecule has 0 spiro atoms. The van der Waals surface area contributed by atoms with E-state index in [-0.39, 0.29) is 41.5 Å². The van der Waals surface area contributed by atoms with Gasteiger partial charge in [0.05, 0.1) is 40.6 Å². The average Bonchev–Trinajstić information content (AvgIpc) is 2.82. The van der Waals surface area contributed by atoms with Gasteiger partial charge in [0.25, 0.3) is 0 Å². The van der Waals surface area contributed by atoms with Crippen molar-refractivity contribution in [1.82, 2.24) is 14.9 Å². The van der Waals surface area contributed by atoms with Crippen LogP contribution >= 0.6 is 0 Å². The summed E-state index contributed by atoms with van der Waals surface area (Å²) in [7, 11) is -0.955. The summed E-state index contributed by atoms with van der Waals surface area (Å²) in [6.07, 6.45) is 3.00. The van der Waals surface area contributed by atoms with E-state index in [1.54, 1.807) is 13.0 Å². The number of urea groups is 1. The van der Waals surface area contributed by atoms with Crippen LogP contribution in [0.5, 0.6) is 0 Å². The Hall–Kier alpha value is -3.12. The van der Waals surface area contributed by atoms with Crippen LogP contribution in [-0.4, -0.2) is 77.6 Å². The number of ether oxygens (including phenoxy) is 2. The monoisotopic (exact) mass is 494 g/mol. The van der Waals surface area contributed by atoms with E-state index in [4.69, 9.17) is 9.47 Å². The molecule has 1 aromatic carbocycles. The van der Waals surface area contributed by atoms with E-state index in [2.05, 4.69) is 10.6 Å². The number of anilines is 1. The lowest BCUT2D eigenvalue weighted by atomic mass is 10.1. The van der Waals surface area contributed by atoms with Crippen LogP contribution < -0.4 is 15.5 Å². The summed E-state index contributed by atoms with van der Waals surface area (Å²) in [6, 6.07) is 3.87. The van der Waals surface area contributed by atoms with E-state index in [1.807, 2.05) is 4.90 Å². The van der Waals surface area contributed by atoms with Crippen molar-refractivity contribution >= 4 is 33.7 Å². The van der Waals surface area contributed by atoms with Gasteiger partial charge in [-0.25, -0.2) is 27.1 Å². The summed E-state index contributed by atoms with van der Waals surface area (Å²) >= 11 is 0. The fraction of sp³-hybridized carbons (Fsp3) is 0.500. The van der Waals surface area contributed by atoms with Crippen LogP contribution in [0.25, 0.3) is 0 Å². The van der Waals surface area contributed by atoms with Crippen molar-refractivity contribution in [3.63, 3.8) is 0 Å². The normalized spacial score (nSPS) is 16.7. The third-order valence-electron chi connectivity index (χ3n) is 5.59. The van der Waals surface area contributed by atoms with Crippen LogP contribution in [-0.2, 0) is 24.3 Å². The zero-order valence-corrected chi connectivity index (χ0v) is 20.4. The van der Waals surface area contributed by atoms with Crippen molar-refractivity contribution in [2.75, 3.05) is 51.8 Å². The molecule has 0 atom stereocenters. The van der Waals surface area contributed by atoms with E-state index in [1.165, 1.54) is 26.2 Å². The predicted molar refractivity (Wildman–Crippen MR) is 124 cm³/mol. The van der Waals surface area contributed by atoms with Gasteiger partial charge in [0, 0.05) is 27.2 Å². The SMILES string of the molecule is CCOC(=O)C1=C(COC(=O)c2cc(S(=O)(=O)N(C)C)ccc2N2CCCCC2)NC(=O)NC1. The first-order valence-electron chi connectivity index (χ1n) is 11.1. The molecule has 12 heteroatoms. The number of benzene rings is 1. The minimum Gasteiger partial charge on any atom is -0.463 e. The second-order valence-electron chi connectivity index (χ2n) is 8.08. The lowest BCUT2D eigenvalue weighted by Gasteiger charge is -2.30. The van der Waals surface area contributed by atoms with Crippen LogP contribution in [0.4, 0.5) is 10.5 Å². The first kappa shape index (κ1) is 25.5. The maximum absolute atomic E-state index is 13.2. The zero-order chi connectivity index (χ0) is 24.9. The van der Waals surface area contributed by atoms with Gasteiger partial charge in [-0.05, 0) is 44.4 Å². The van der Waals surface area contributed by atoms with Gasteiger partial charge in [0.2, 0.25) is 10.0 Å². The standard InChI is InChI=1S/C22H30N4O7S/c1-4-32-21(28)17-13-23-22(29)24-18(17)14-33-20(27)16-12-15(34(30,31)25(2)3)8-9-19(16)26-10-6-5-7-11-26/h8-9,12H,4-7,10-11,13-14H2,1-3H3,(H2,23,24,29). The first-order chi connectivity index (χ1) is 16.1. The van der Waals surface area contributed by atoms with E-state index in [0.29, 0.717) is 5.69 Å². The molecule has 34 heavy (non-hydrogen) atoms. The van der Waals surface area contributed by atoms with Crippen LogP contribution in [0.3, 0.4) is 0 Å². The van der Waals surface area contributed by atoms with Gasteiger partial charge in [0.15, 0.2) is 0 Å². The summed E-state index contributed by atoms with van der Waals surface area (Å²) in [5.41, 5.74) is 0.946. The maximum Gasteiger partial charge on any atom is 0.340 e. The Morgan fingerprint density at radius 3 is 2.44 bits per heavy atom. The molecule has 1 saturated heterocycles. The largest absolute Gasteiger partial charge is 0.463 e. The molecule has 1 aromatic rings. The molecule has 2 N–H and O–H groups in total. The molecule has 2 aliphatic rings. The van der Waals surface area contributed by atoms with Gasteiger partial charge >= 0.3 is 18.0 Å². The molecular weight excluding hydrogens is 464 g/mol. The highest BCUT2D eigenvalue weighted by atomic mass is 32.2. The Bertz CT molecular complexity index is 1090. The summed E-state index contributed by atoms with van der Waals surface area (Å²) in [5, 5.41) is 4.96. The first-order valence-corrected chi connectivity index (χ1v) is 12.5. The number of sulfonamides is 1. The Morgan fingerprint density at radius 1 is 1.09 bits per heavy atom. The Kier molecular flexibility index (Phi) is 8.15. The van der Waals surface area contributed by atoms with Gasteiger partial charge in [-0.15, -0.1) is 0 Å². The van der Waals surface area contributed by atoms with Crippen LogP contribution in [0.1, 0.15) is 36.5 Å². The molecular formula is C22H30N4O7S. The minimum absolute atomic E-state index is 0.0354. The summed E-state index contributed by atoms with van der Waals surface area (Å²) in [4.78, 5) is 39.1. The number of hydrogen-bond acceptors (Lipinski definition) is 8. The molecule has 0 unspecified atom stereocenters. The fourth-order valence-electron chi connectivity index (χ4n) is 3.74. The molecule has 11 nitrogen and oxygen atoms in total. The zero-order valence-electron chi connectivity index (χ0n) is 19.5. The highest BCUT2D eigenvalue weighted by Gasteiger charge is 2.27. The molecule has 186 valence electrons. The predicted octanol–water partition coefficient (Wildman–Crippen LogP) is 1.21. The number of nitrogens with zero attached hydrogens (tertiary/aromatic N) is 2.